The summed E-state index contributed by atoms with van der Waals surface area (Å²) in [6.45, 7) is 8.78. The molecule has 1 aromatic rings. The van der Waals surface area contributed by atoms with Crippen molar-refractivity contribution in [3.8, 4) is 0 Å². The average Bonchev–Trinajstić information content (AvgIpc) is 2.41. The Morgan fingerprint density at radius 2 is 2.05 bits per heavy atom. The van der Waals surface area contributed by atoms with Crippen LogP contribution in [0.25, 0.3) is 0 Å². The van der Waals surface area contributed by atoms with Gasteiger partial charge in [0.2, 0.25) is 0 Å². The first-order valence-electron chi connectivity index (χ1n) is 7.06. The molecule has 2 rings (SSSR count). The highest BCUT2D eigenvalue weighted by atomic mass is 35.5. The van der Waals surface area contributed by atoms with Crippen molar-refractivity contribution in [1.82, 2.24) is 20.2 Å². The number of nitrogens with one attached hydrogen (secondary N) is 1. The Kier molecular flexibility index (Phi) is 5.55. The Hall–Kier alpha value is -0.710. The van der Waals surface area contributed by atoms with Crippen LogP contribution in [0.3, 0.4) is 0 Å². The summed E-state index contributed by atoms with van der Waals surface area (Å²) >= 11 is 5.77. The van der Waals surface area contributed by atoms with E-state index in [1.54, 1.807) is 12.4 Å². The van der Waals surface area contributed by atoms with Gasteiger partial charge < -0.3 is 5.32 Å². The summed E-state index contributed by atoms with van der Waals surface area (Å²) in [7, 11) is 0. The van der Waals surface area contributed by atoms with Gasteiger partial charge in [-0.15, -0.1) is 0 Å². The Bertz CT molecular complexity index is 374. The molecule has 106 valence electrons. The number of piperidine rings is 1. The average molecular weight is 283 g/mol. The highest BCUT2D eigenvalue weighted by Crippen LogP contribution is 2.17. The van der Waals surface area contributed by atoms with Crippen LogP contribution in [0.4, 0.5) is 0 Å². The summed E-state index contributed by atoms with van der Waals surface area (Å²) in [5.74, 6) is 0.795. The van der Waals surface area contributed by atoms with Crippen molar-refractivity contribution in [1.29, 1.82) is 0 Å². The van der Waals surface area contributed by atoms with Gasteiger partial charge in [0, 0.05) is 19.1 Å². The molecule has 19 heavy (non-hydrogen) atoms. The Morgan fingerprint density at radius 3 is 2.63 bits per heavy atom. The standard InChI is InChI=1S/C14H23ClN4/c1-11(2)19(9-12-3-5-16-6-4-12)10-13-7-18-14(15)8-17-13/h7-8,11-12,16H,3-6,9-10H2,1-2H3. The topological polar surface area (TPSA) is 41.1 Å². The summed E-state index contributed by atoms with van der Waals surface area (Å²) in [5, 5.41) is 3.87. The number of aromatic nitrogens is 2. The Balaban J connectivity index is 1.93. The van der Waals surface area contributed by atoms with E-state index < -0.39 is 0 Å². The quantitative estimate of drug-likeness (QED) is 0.900. The third kappa shape index (κ3) is 4.71. The van der Waals surface area contributed by atoms with E-state index in [-0.39, 0.29) is 0 Å². The molecule has 1 aliphatic rings. The molecule has 0 bridgehead atoms. The van der Waals surface area contributed by atoms with Gasteiger partial charge in [0.25, 0.3) is 0 Å². The van der Waals surface area contributed by atoms with E-state index in [4.69, 9.17) is 11.6 Å². The molecule has 2 heterocycles. The number of nitrogens with zero attached hydrogens (tertiary/aromatic N) is 3. The van der Waals surface area contributed by atoms with E-state index in [0.717, 1.165) is 37.8 Å². The molecule has 5 heteroatoms. The van der Waals surface area contributed by atoms with Crippen molar-refractivity contribution >= 4 is 11.6 Å². The maximum Gasteiger partial charge on any atom is 0.147 e. The van der Waals surface area contributed by atoms with Gasteiger partial charge in [0.05, 0.1) is 18.1 Å². The molecule has 1 aliphatic heterocycles. The molecule has 0 saturated carbocycles. The second-order valence-corrected chi connectivity index (χ2v) is 5.93. The van der Waals surface area contributed by atoms with Crippen LogP contribution in [0.15, 0.2) is 12.4 Å². The van der Waals surface area contributed by atoms with Crippen molar-refractivity contribution < 1.29 is 0 Å². The van der Waals surface area contributed by atoms with Crippen LogP contribution in [0.2, 0.25) is 5.15 Å². The Labute approximate surface area is 120 Å². The molecule has 1 saturated heterocycles. The lowest BCUT2D eigenvalue weighted by atomic mass is 9.97. The monoisotopic (exact) mass is 282 g/mol. The number of hydrogen-bond donors (Lipinski definition) is 1. The van der Waals surface area contributed by atoms with Gasteiger partial charge in [0.15, 0.2) is 0 Å². The van der Waals surface area contributed by atoms with Gasteiger partial charge in [-0.05, 0) is 45.7 Å². The summed E-state index contributed by atoms with van der Waals surface area (Å²) in [5.41, 5.74) is 0.993. The number of halogens is 1. The third-order valence-electron chi connectivity index (χ3n) is 3.72. The van der Waals surface area contributed by atoms with Gasteiger partial charge in [-0.2, -0.15) is 0 Å². The number of rotatable bonds is 5. The van der Waals surface area contributed by atoms with Gasteiger partial charge in [-0.3, -0.25) is 9.88 Å². The van der Waals surface area contributed by atoms with E-state index in [0.29, 0.717) is 11.2 Å². The summed E-state index contributed by atoms with van der Waals surface area (Å²) in [6.07, 6.45) is 5.95. The van der Waals surface area contributed by atoms with Gasteiger partial charge in [-0.1, -0.05) is 11.6 Å². The van der Waals surface area contributed by atoms with Crippen molar-refractivity contribution in [2.24, 2.45) is 5.92 Å². The molecule has 0 aliphatic carbocycles. The predicted molar refractivity (Wildman–Crippen MR) is 78.2 cm³/mol. The highest BCUT2D eigenvalue weighted by molar-refractivity contribution is 6.29. The van der Waals surface area contributed by atoms with Crippen LogP contribution in [-0.4, -0.2) is 40.5 Å². The molecule has 0 amide bonds. The summed E-state index contributed by atoms with van der Waals surface area (Å²) in [4.78, 5) is 10.9. The maximum absolute atomic E-state index is 5.77. The maximum atomic E-state index is 5.77. The molecule has 1 aromatic heterocycles. The lowest BCUT2D eigenvalue weighted by Gasteiger charge is -2.32. The largest absolute Gasteiger partial charge is 0.317 e. The van der Waals surface area contributed by atoms with Gasteiger partial charge >= 0.3 is 0 Å². The lowest BCUT2D eigenvalue weighted by Crippen LogP contribution is -2.39. The fourth-order valence-electron chi connectivity index (χ4n) is 2.48. The second kappa shape index (κ2) is 7.17. The fourth-order valence-corrected chi connectivity index (χ4v) is 2.58. The normalized spacial score (nSPS) is 17.3. The molecule has 0 unspecified atom stereocenters. The first kappa shape index (κ1) is 14.7. The minimum atomic E-state index is 0.457. The molecule has 1 N–H and O–H groups in total. The zero-order valence-corrected chi connectivity index (χ0v) is 12.5. The summed E-state index contributed by atoms with van der Waals surface area (Å²) in [6, 6.07) is 0.521. The van der Waals surface area contributed by atoms with Gasteiger partial charge in [0.1, 0.15) is 5.15 Å². The van der Waals surface area contributed by atoms with Crippen LogP contribution in [-0.2, 0) is 6.54 Å². The smallest absolute Gasteiger partial charge is 0.147 e. The molecule has 4 nitrogen and oxygen atoms in total. The van der Waals surface area contributed by atoms with Crippen molar-refractivity contribution in [3.05, 3.63) is 23.2 Å². The van der Waals surface area contributed by atoms with Crippen molar-refractivity contribution in [3.63, 3.8) is 0 Å². The third-order valence-corrected chi connectivity index (χ3v) is 3.92. The van der Waals surface area contributed by atoms with E-state index in [2.05, 4.69) is 34.0 Å². The molecule has 0 atom stereocenters. The minimum absolute atomic E-state index is 0.457. The highest BCUT2D eigenvalue weighted by Gasteiger charge is 2.19. The van der Waals surface area contributed by atoms with Crippen LogP contribution in [0.5, 0.6) is 0 Å². The van der Waals surface area contributed by atoms with Crippen molar-refractivity contribution in [2.45, 2.75) is 39.3 Å². The van der Waals surface area contributed by atoms with Crippen LogP contribution < -0.4 is 5.32 Å². The zero-order valence-electron chi connectivity index (χ0n) is 11.8. The molecule has 1 fully saturated rings. The van der Waals surface area contributed by atoms with E-state index in [9.17, 15) is 0 Å². The fraction of sp³-hybridized carbons (Fsp3) is 0.714. The molecule has 0 aromatic carbocycles. The van der Waals surface area contributed by atoms with Crippen molar-refractivity contribution in [2.75, 3.05) is 19.6 Å². The van der Waals surface area contributed by atoms with E-state index >= 15 is 0 Å². The second-order valence-electron chi connectivity index (χ2n) is 5.55. The first-order chi connectivity index (χ1) is 9.15. The minimum Gasteiger partial charge on any atom is -0.317 e. The summed E-state index contributed by atoms with van der Waals surface area (Å²) < 4.78 is 0. The van der Waals surface area contributed by atoms with Gasteiger partial charge in [-0.25, -0.2) is 4.98 Å². The SMILES string of the molecule is CC(C)N(Cc1cnc(Cl)cn1)CC1CCNCC1. The lowest BCUT2D eigenvalue weighted by molar-refractivity contribution is 0.160. The van der Waals surface area contributed by atoms with Crippen LogP contribution in [0, 0.1) is 5.92 Å². The predicted octanol–water partition coefficient (Wildman–Crippen LogP) is 2.34. The molecular formula is C14H23ClN4. The molecule has 0 radical (unpaired) electrons. The van der Waals surface area contributed by atoms with E-state index in [1.807, 2.05) is 0 Å². The first-order valence-corrected chi connectivity index (χ1v) is 7.44. The van der Waals surface area contributed by atoms with Crippen LogP contribution >= 0.6 is 11.6 Å². The number of hydrogen-bond acceptors (Lipinski definition) is 4. The van der Waals surface area contributed by atoms with Crippen LogP contribution in [0.1, 0.15) is 32.4 Å². The zero-order chi connectivity index (χ0) is 13.7. The molecule has 0 spiro atoms. The molecular weight excluding hydrogens is 260 g/mol. The van der Waals surface area contributed by atoms with E-state index in [1.165, 1.54) is 12.8 Å². The Morgan fingerprint density at radius 1 is 1.32 bits per heavy atom.